The number of hydrogen-bond acceptors (Lipinski definition) is 4. The van der Waals surface area contributed by atoms with Gasteiger partial charge in [-0.25, -0.2) is 4.98 Å². The lowest BCUT2D eigenvalue weighted by Gasteiger charge is -2.35. The molecule has 1 atom stereocenters. The third-order valence-corrected chi connectivity index (χ3v) is 4.74. The van der Waals surface area contributed by atoms with E-state index < -0.39 is 0 Å². The van der Waals surface area contributed by atoms with Gasteiger partial charge in [-0.1, -0.05) is 6.92 Å². The zero-order chi connectivity index (χ0) is 14.1. The third kappa shape index (κ3) is 2.89. The largest absolute Gasteiger partial charge is 0.397 e. The highest BCUT2D eigenvalue weighted by Gasteiger charge is 2.31. The second kappa shape index (κ2) is 6.45. The maximum absolute atomic E-state index is 12.6. The number of amides is 1. The minimum atomic E-state index is -0.00583. The zero-order valence-electron chi connectivity index (χ0n) is 11.8. The number of carbonyl (C=O) groups is 1. The summed E-state index contributed by atoms with van der Waals surface area (Å²) in [6.07, 6.45) is 3.39. The lowest BCUT2D eigenvalue weighted by Crippen LogP contribution is -2.39. The summed E-state index contributed by atoms with van der Waals surface area (Å²) in [4.78, 5) is 20.1. The smallest absolute Gasteiger partial charge is 0.272 e. The summed E-state index contributed by atoms with van der Waals surface area (Å²) in [5.74, 6) is -0.00583. The first kappa shape index (κ1) is 15.8. The van der Waals surface area contributed by atoms with E-state index in [4.69, 9.17) is 5.73 Å². The molecule has 1 aliphatic rings. The van der Waals surface area contributed by atoms with Crippen LogP contribution in [-0.2, 0) is 6.42 Å². The third-order valence-electron chi connectivity index (χ3n) is 3.75. The van der Waals surface area contributed by atoms with Crippen LogP contribution in [0.15, 0.2) is 29.8 Å². The number of pyridine rings is 1. The average molecular weight is 324 g/mol. The van der Waals surface area contributed by atoms with Crippen LogP contribution in [0, 0.1) is 0 Å². The maximum Gasteiger partial charge on any atom is 0.272 e. The van der Waals surface area contributed by atoms with Crippen molar-refractivity contribution in [2.24, 2.45) is 0 Å². The van der Waals surface area contributed by atoms with Gasteiger partial charge in [-0.05, 0) is 42.0 Å². The van der Waals surface area contributed by atoms with E-state index in [0.29, 0.717) is 11.4 Å². The van der Waals surface area contributed by atoms with E-state index in [0.717, 1.165) is 19.4 Å². The van der Waals surface area contributed by atoms with Crippen LogP contribution in [0.3, 0.4) is 0 Å². The number of aromatic nitrogens is 1. The fourth-order valence-electron chi connectivity index (χ4n) is 2.76. The Balaban J connectivity index is 0.00000161. The van der Waals surface area contributed by atoms with Gasteiger partial charge in [-0.3, -0.25) is 4.79 Å². The topological polar surface area (TPSA) is 59.2 Å². The van der Waals surface area contributed by atoms with Crippen LogP contribution >= 0.6 is 23.7 Å². The van der Waals surface area contributed by atoms with E-state index in [9.17, 15) is 4.79 Å². The highest BCUT2D eigenvalue weighted by Crippen LogP contribution is 2.35. The van der Waals surface area contributed by atoms with Crippen molar-refractivity contribution in [2.75, 3.05) is 12.3 Å². The van der Waals surface area contributed by atoms with Crippen LogP contribution in [0.25, 0.3) is 0 Å². The SMILES string of the molecule is CCC1c2ccsc2CCN1C(=O)c1ccc(N)cn1.Cl. The molecule has 0 radical (unpaired) electrons. The van der Waals surface area contributed by atoms with E-state index in [-0.39, 0.29) is 24.4 Å². The number of carbonyl (C=O) groups excluding carboxylic acids is 1. The monoisotopic (exact) mass is 323 g/mol. The molecule has 0 saturated carbocycles. The summed E-state index contributed by atoms with van der Waals surface area (Å²) >= 11 is 1.79. The van der Waals surface area contributed by atoms with Crippen LogP contribution in [0.2, 0.25) is 0 Å². The van der Waals surface area contributed by atoms with E-state index >= 15 is 0 Å². The van der Waals surface area contributed by atoms with Gasteiger partial charge >= 0.3 is 0 Å². The van der Waals surface area contributed by atoms with Gasteiger partial charge in [0, 0.05) is 11.4 Å². The highest BCUT2D eigenvalue weighted by molar-refractivity contribution is 7.10. The molecule has 4 nitrogen and oxygen atoms in total. The summed E-state index contributed by atoms with van der Waals surface area (Å²) in [5.41, 5.74) is 7.97. The average Bonchev–Trinajstić information content (AvgIpc) is 2.94. The number of anilines is 1. The van der Waals surface area contributed by atoms with Crippen LogP contribution in [0.1, 0.15) is 40.3 Å². The first-order chi connectivity index (χ1) is 9.70. The predicted octanol–water partition coefficient (Wildman–Crippen LogP) is 3.30. The number of halogens is 1. The molecule has 112 valence electrons. The predicted molar refractivity (Wildman–Crippen MR) is 88.0 cm³/mol. The fraction of sp³-hybridized carbons (Fsp3) is 0.333. The number of nitrogen functional groups attached to an aromatic ring is 1. The van der Waals surface area contributed by atoms with Gasteiger partial charge in [0.25, 0.3) is 5.91 Å². The Morgan fingerprint density at radius 2 is 2.29 bits per heavy atom. The lowest BCUT2D eigenvalue weighted by molar-refractivity contribution is 0.0651. The molecule has 1 amide bonds. The number of hydrogen-bond donors (Lipinski definition) is 1. The van der Waals surface area contributed by atoms with Crippen LogP contribution in [-0.4, -0.2) is 22.3 Å². The minimum absolute atomic E-state index is 0. The number of nitrogens with zero attached hydrogens (tertiary/aromatic N) is 2. The van der Waals surface area contributed by atoms with Crippen molar-refractivity contribution in [3.8, 4) is 0 Å². The van der Waals surface area contributed by atoms with Gasteiger partial charge in [0.2, 0.25) is 0 Å². The van der Waals surface area contributed by atoms with Crippen molar-refractivity contribution in [3.63, 3.8) is 0 Å². The second-order valence-corrected chi connectivity index (χ2v) is 5.95. The molecule has 3 rings (SSSR count). The van der Waals surface area contributed by atoms with Crippen LogP contribution in [0.4, 0.5) is 5.69 Å². The molecule has 21 heavy (non-hydrogen) atoms. The second-order valence-electron chi connectivity index (χ2n) is 4.95. The first-order valence-electron chi connectivity index (χ1n) is 6.79. The molecule has 0 fully saturated rings. The molecular weight excluding hydrogens is 306 g/mol. The van der Waals surface area contributed by atoms with Gasteiger partial charge in [0.15, 0.2) is 0 Å². The molecule has 2 N–H and O–H groups in total. The van der Waals surface area contributed by atoms with Crippen molar-refractivity contribution in [2.45, 2.75) is 25.8 Å². The Morgan fingerprint density at radius 1 is 1.48 bits per heavy atom. The van der Waals surface area contributed by atoms with Gasteiger partial charge in [0.1, 0.15) is 5.69 Å². The summed E-state index contributed by atoms with van der Waals surface area (Å²) in [7, 11) is 0. The van der Waals surface area contributed by atoms with E-state index in [1.54, 1.807) is 23.5 Å². The Bertz CT molecular complexity index is 626. The Hall–Kier alpha value is -1.59. The summed E-state index contributed by atoms with van der Waals surface area (Å²) in [6, 6.07) is 5.73. The molecule has 3 heterocycles. The van der Waals surface area contributed by atoms with Gasteiger partial charge < -0.3 is 10.6 Å². The number of fused-ring (bicyclic) bond motifs is 1. The molecular formula is C15H18ClN3OS. The molecule has 0 saturated heterocycles. The summed E-state index contributed by atoms with van der Waals surface area (Å²) in [6.45, 7) is 2.88. The number of thiophene rings is 1. The fourth-order valence-corrected chi connectivity index (χ4v) is 3.69. The molecule has 0 aromatic carbocycles. The molecule has 2 aromatic heterocycles. The van der Waals surface area contributed by atoms with E-state index in [1.165, 1.54) is 16.6 Å². The Morgan fingerprint density at radius 3 is 2.95 bits per heavy atom. The molecule has 0 spiro atoms. The quantitative estimate of drug-likeness (QED) is 0.922. The summed E-state index contributed by atoms with van der Waals surface area (Å²) in [5, 5.41) is 2.11. The standard InChI is InChI=1S/C15H17N3OS.ClH/c1-2-13-11-6-8-20-14(11)5-7-18(13)15(19)12-4-3-10(16)9-17-12;/h3-4,6,8-9,13H,2,5,7,16H2,1H3;1H. The molecule has 0 aliphatic carbocycles. The van der Waals surface area contributed by atoms with Crippen LogP contribution < -0.4 is 5.73 Å². The van der Waals surface area contributed by atoms with Crippen molar-refractivity contribution in [1.82, 2.24) is 9.88 Å². The molecule has 0 bridgehead atoms. The Kier molecular flexibility index (Phi) is 4.85. The van der Waals surface area contributed by atoms with Gasteiger partial charge in [-0.2, -0.15) is 0 Å². The van der Waals surface area contributed by atoms with Crippen molar-refractivity contribution in [1.29, 1.82) is 0 Å². The van der Waals surface area contributed by atoms with E-state index in [1.807, 2.05) is 4.90 Å². The number of nitrogens with two attached hydrogens (primary N) is 1. The molecule has 6 heteroatoms. The van der Waals surface area contributed by atoms with Crippen molar-refractivity contribution in [3.05, 3.63) is 45.9 Å². The molecule has 1 unspecified atom stereocenters. The van der Waals surface area contributed by atoms with Crippen molar-refractivity contribution < 1.29 is 4.79 Å². The molecule has 1 aliphatic heterocycles. The Labute approximate surface area is 134 Å². The van der Waals surface area contributed by atoms with Gasteiger partial charge in [0.05, 0.1) is 17.9 Å². The maximum atomic E-state index is 12.6. The zero-order valence-corrected chi connectivity index (χ0v) is 13.4. The number of rotatable bonds is 2. The lowest BCUT2D eigenvalue weighted by atomic mass is 9.97. The van der Waals surface area contributed by atoms with Crippen molar-refractivity contribution >= 4 is 35.3 Å². The molecule has 2 aromatic rings. The normalized spacial score (nSPS) is 17.0. The first-order valence-corrected chi connectivity index (χ1v) is 7.67. The minimum Gasteiger partial charge on any atom is -0.397 e. The van der Waals surface area contributed by atoms with Gasteiger partial charge in [-0.15, -0.1) is 23.7 Å². The summed E-state index contributed by atoms with van der Waals surface area (Å²) < 4.78 is 0. The highest BCUT2D eigenvalue weighted by atomic mass is 35.5. The van der Waals surface area contributed by atoms with E-state index in [2.05, 4.69) is 23.4 Å². The van der Waals surface area contributed by atoms with Crippen LogP contribution in [0.5, 0.6) is 0 Å².